The molecule has 2 heterocycles. The summed E-state index contributed by atoms with van der Waals surface area (Å²) in [6.45, 7) is -0.0329. The highest BCUT2D eigenvalue weighted by molar-refractivity contribution is 6.06. The number of ether oxygens (including phenoxy) is 1. The van der Waals surface area contributed by atoms with Crippen molar-refractivity contribution in [1.29, 1.82) is 0 Å². The molecule has 0 bridgehead atoms. The molecule has 0 unspecified atom stereocenters. The van der Waals surface area contributed by atoms with Gasteiger partial charge in [-0.15, -0.1) is 0 Å². The van der Waals surface area contributed by atoms with E-state index in [1.54, 1.807) is 30.3 Å². The summed E-state index contributed by atoms with van der Waals surface area (Å²) in [7, 11) is 0. The Morgan fingerprint density at radius 1 is 1.27 bits per heavy atom. The lowest BCUT2D eigenvalue weighted by atomic mass is 10.0. The average molecular weight is 355 g/mol. The molecule has 0 spiro atoms. The molecule has 2 aliphatic heterocycles. The number of carbonyl (C=O) groups is 2. The first-order valence-corrected chi connectivity index (χ1v) is 7.95. The van der Waals surface area contributed by atoms with Crippen molar-refractivity contribution in [2.45, 2.75) is 12.5 Å². The van der Waals surface area contributed by atoms with E-state index < -0.39 is 6.10 Å². The first-order valence-electron chi connectivity index (χ1n) is 7.95. The van der Waals surface area contributed by atoms with Crippen molar-refractivity contribution in [1.82, 2.24) is 0 Å². The van der Waals surface area contributed by atoms with Gasteiger partial charge < -0.3 is 20.2 Å². The smallest absolute Gasteiger partial charge is 0.268 e. The SMILES string of the molecule is O=C1COc2ccc(NC(=O)[C@H]3CC(c4cccc(F)c4)=NO3)cc2N1. The maximum atomic E-state index is 13.3. The Balaban J connectivity index is 1.42. The number of oxime groups is 1. The van der Waals surface area contributed by atoms with Crippen molar-refractivity contribution >= 4 is 28.9 Å². The van der Waals surface area contributed by atoms with Gasteiger partial charge in [-0.2, -0.15) is 0 Å². The quantitative estimate of drug-likeness (QED) is 0.884. The van der Waals surface area contributed by atoms with Crippen LogP contribution < -0.4 is 15.4 Å². The number of benzene rings is 2. The van der Waals surface area contributed by atoms with Crippen LogP contribution in [0.4, 0.5) is 15.8 Å². The Hall–Kier alpha value is -3.42. The van der Waals surface area contributed by atoms with Crippen LogP contribution in [0.3, 0.4) is 0 Å². The van der Waals surface area contributed by atoms with Gasteiger partial charge in [-0.05, 0) is 30.3 Å². The number of rotatable bonds is 3. The molecule has 2 amide bonds. The van der Waals surface area contributed by atoms with Crippen LogP contribution in [0, 0.1) is 5.82 Å². The maximum absolute atomic E-state index is 13.3. The molecule has 0 radical (unpaired) electrons. The number of fused-ring (bicyclic) bond motifs is 1. The predicted molar refractivity (Wildman–Crippen MR) is 91.6 cm³/mol. The van der Waals surface area contributed by atoms with Gasteiger partial charge in [0.25, 0.3) is 11.8 Å². The maximum Gasteiger partial charge on any atom is 0.268 e. The van der Waals surface area contributed by atoms with Gasteiger partial charge in [-0.3, -0.25) is 9.59 Å². The molecule has 8 heteroatoms. The predicted octanol–water partition coefficient (Wildman–Crippen LogP) is 2.29. The minimum Gasteiger partial charge on any atom is -0.482 e. The third kappa shape index (κ3) is 3.21. The molecule has 2 N–H and O–H groups in total. The first-order chi connectivity index (χ1) is 12.6. The fraction of sp³-hybridized carbons (Fsp3) is 0.167. The van der Waals surface area contributed by atoms with Gasteiger partial charge in [0.2, 0.25) is 6.10 Å². The normalized spacial score (nSPS) is 18.1. The zero-order valence-electron chi connectivity index (χ0n) is 13.5. The van der Waals surface area contributed by atoms with Crippen LogP contribution in [0.15, 0.2) is 47.6 Å². The van der Waals surface area contributed by atoms with E-state index in [-0.39, 0.29) is 30.7 Å². The highest BCUT2D eigenvalue weighted by Crippen LogP contribution is 2.30. The van der Waals surface area contributed by atoms with Crippen molar-refractivity contribution in [2.75, 3.05) is 17.2 Å². The van der Waals surface area contributed by atoms with Crippen LogP contribution in [-0.2, 0) is 14.4 Å². The average Bonchev–Trinajstić information content (AvgIpc) is 3.12. The number of halogens is 1. The van der Waals surface area contributed by atoms with Crippen molar-refractivity contribution in [3.8, 4) is 5.75 Å². The molecule has 2 aromatic rings. The molecule has 4 rings (SSSR count). The minimum absolute atomic E-state index is 0.0329. The Labute approximate surface area is 147 Å². The van der Waals surface area contributed by atoms with E-state index in [2.05, 4.69) is 15.8 Å². The molecule has 7 nitrogen and oxygen atoms in total. The molecule has 26 heavy (non-hydrogen) atoms. The molecule has 0 aromatic heterocycles. The lowest BCUT2D eigenvalue weighted by Crippen LogP contribution is -2.28. The van der Waals surface area contributed by atoms with Crippen LogP contribution in [0.5, 0.6) is 5.75 Å². The van der Waals surface area contributed by atoms with Crippen LogP contribution >= 0.6 is 0 Å². The highest BCUT2D eigenvalue weighted by Gasteiger charge is 2.29. The second-order valence-electron chi connectivity index (χ2n) is 5.88. The second kappa shape index (κ2) is 6.47. The standard InChI is InChI=1S/C18H14FN3O4/c19-11-3-1-2-10(6-11)13-8-16(26-22-13)18(24)20-12-4-5-15-14(7-12)21-17(23)9-25-15/h1-7,16H,8-9H2,(H,20,24)(H,21,23)/t16-/m1/s1. The van der Waals surface area contributed by atoms with E-state index in [4.69, 9.17) is 9.57 Å². The number of carbonyl (C=O) groups excluding carboxylic acids is 2. The third-order valence-corrected chi connectivity index (χ3v) is 4.00. The second-order valence-corrected chi connectivity index (χ2v) is 5.88. The summed E-state index contributed by atoms with van der Waals surface area (Å²) in [6.07, 6.45) is -0.574. The topological polar surface area (TPSA) is 89.0 Å². The van der Waals surface area contributed by atoms with Crippen molar-refractivity contribution < 1.29 is 23.6 Å². The monoisotopic (exact) mass is 355 g/mol. The molecular weight excluding hydrogens is 341 g/mol. The van der Waals surface area contributed by atoms with E-state index in [1.807, 2.05) is 0 Å². The Morgan fingerprint density at radius 3 is 3.00 bits per heavy atom. The molecule has 2 aromatic carbocycles. The van der Waals surface area contributed by atoms with Gasteiger partial charge in [-0.1, -0.05) is 17.3 Å². The molecule has 132 valence electrons. The van der Waals surface area contributed by atoms with Crippen molar-refractivity contribution in [3.05, 3.63) is 53.8 Å². The van der Waals surface area contributed by atoms with E-state index in [9.17, 15) is 14.0 Å². The van der Waals surface area contributed by atoms with Crippen LogP contribution in [0.25, 0.3) is 0 Å². The lowest BCUT2D eigenvalue weighted by molar-refractivity contribution is -0.125. The summed E-state index contributed by atoms with van der Waals surface area (Å²) < 4.78 is 18.6. The highest BCUT2D eigenvalue weighted by atomic mass is 19.1. The summed E-state index contributed by atoms with van der Waals surface area (Å²) >= 11 is 0. The Morgan fingerprint density at radius 2 is 2.15 bits per heavy atom. The number of nitrogens with zero attached hydrogens (tertiary/aromatic N) is 1. The molecule has 0 saturated heterocycles. The fourth-order valence-electron chi connectivity index (χ4n) is 2.74. The molecule has 0 fully saturated rings. The van der Waals surface area contributed by atoms with Gasteiger partial charge in [0, 0.05) is 17.7 Å². The zero-order chi connectivity index (χ0) is 18.1. The molecule has 0 aliphatic carbocycles. The van der Waals surface area contributed by atoms with Crippen LogP contribution in [0.2, 0.25) is 0 Å². The van der Waals surface area contributed by atoms with E-state index in [1.165, 1.54) is 12.1 Å². The molecule has 2 aliphatic rings. The number of hydrogen-bond donors (Lipinski definition) is 2. The number of hydrogen-bond acceptors (Lipinski definition) is 5. The lowest BCUT2D eigenvalue weighted by Gasteiger charge is -2.19. The summed E-state index contributed by atoms with van der Waals surface area (Å²) in [5, 5.41) is 9.27. The van der Waals surface area contributed by atoms with Gasteiger partial charge in [-0.25, -0.2) is 4.39 Å². The first kappa shape index (κ1) is 16.1. The van der Waals surface area contributed by atoms with E-state index >= 15 is 0 Å². The van der Waals surface area contributed by atoms with Gasteiger partial charge in [0.1, 0.15) is 11.6 Å². The molecule has 0 saturated carbocycles. The van der Waals surface area contributed by atoms with Crippen molar-refractivity contribution in [2.24, 2.45) is 5.16 Å². The van der Waals surface area contributed by atoms with Gasteiger partial charge in [0.05, 0.1) is 11.4 Å². The Kier molecular flexibility index (Phi) is 4.00. The van der Waals surface area contributed by atoms with Crippen LogP contribution in [-0.4, -0.2) is 30.2 Å². The van der Waals surface area contributed by atoms with Gasteiger partial charge in [0.15, 0.2) is 6.61 Å². The largest absolute Gasteiger partial charge is 0.482 e. The molecular formula is C18H14FN3O4. The van der Waals surface area contributed by atoms with Crippen molar-refractivity contribution in [3.63, 3.8) is 0 Å². The Bertz CT molecular complexity index is 928. The summed E-state index contributed by atoms with van der Waals surface area (Å²) in [6, 6.07) is 10.9. The zero-order valence-corrected chi connectivity index (χ0v) is 13.5. The number of anilines is 2. The number of nitrogens with one attached hydrogen (secondary N) is 2. The fourth-order valence-corrected chi connectivity index (χ4v) is 2.74. The van der Waals surface area contributed by atoms with Crippen LogP contribution in [0.1, 0.15) is 12.0 Å². The molecule has 1 atom stereocenters. The third-order valence-electron chi connectivity index (χ3n) is 4.00. The van der Waals surface area contributed by atoms with E-state index in [0.29, 0.717) is 28.4 Å². The van der Waals surface area contributed by atoms with Gasteiger partial charge >= 0.3 is 0 Å². The minimum atomic E-state index is -0.810. The number of amides is 2. The van der Waals surface area contributed by atoms with E-state index in [0.717, 1.165) is 0 Å². The summed E-state index contributed by atoms with van der Waals surface area (Å²) in [4.78, 5) is 28.9. The summed E-state index contributed by atoms with van der Waals surface area (Å²) in [5.41, 5.74) is 2.06. The summed E-state index contributed by atoms with van der Waals surface area (Å²) in [5.74, 6) is -0.482.